The van der Waals surface area contributed by atoms with Crippen molar-refractivity contribution >= 4 is 28.5 Å². The minimum Gasteiger partial charge on any atom is -0.349 e. The van der Waals surface area contributed by atoms with Gasteiger partial charge in [-0.2, -0.15) is 5.10 Å². The quantitative estimate of drug-likeness (QED) is 0.246. The number of aromatic nitrogens is 5. The third kappa shape index (κ3) is 5.46. The molecule has 1 aliphatic rings. The lowest BCUT2D eigenvalue weighted by atomic mass is 9.85. The number of pyridine rings is 1. The average Bonchev–Trinajstić information content (AvgIpc) is 3.54. The summed E-state index contributed by atoms with van der Waals surface area (Å²) in [5.41, 5.74) is 3.31. The third-order valence-electron chi connectivity index (χ3n) is 7.91. The fourth-order valence-electron chi connectivity index (χ4n) is 5.82. The van der Waals surface area contributed by atoms with E-state index >= 15 is 0 Å². The molecular weight excluding hydrogens is 562 g/mol. The van der Waals surface area contributed by atoms with Gasteiger partial charge in [0.1, 0.15) is 5.69 Å². The number of carbonyl (C=O) groups excluding carboxylic acids is 1. The maximum Gasteiger partial charge on any atom is 0.333 e. The Balaban J connectivity index is 1.19. The standard InChI is InChI=1S/C31H29ClF2N6O2/c1-38-14-13-25(37-38)20-5-4-6-23(15-20)40-27-8-3-2-7-26(27)39(31(40)42)18-19-9-11-22(12-10-19)36-30(41)24-16-21(32)17-35-28(24)29(33)34/h2-8,13-17,19,22,29H,9-12,18H2,1H3,(H,36,41)/t19-,22-. The van der Waals surface area contributed by atoms with Crippen molar-refractivity contribution < 1.29 is 13.6 Å². The first-order chi connectivity index (χ1) is 20.3. The Morgan fingerprint density at radius 3 is 2.52 bits per heavy atom. The number of hydrogen-bond acceptors (Lipinski definition) is 4. The van der Waals surface area contributed by atoms with Gasteiger partial charge in [0.05, 0.1) is 33.0 Å². The van der Waals surface area contributed by atoms with Crippen LogP contribution in [0.2, 0.25) is 5.02 Å². The van der Waals surface area contributed by atoms with Crippen molar-refractivity contribution in [3.05, 3.63) is 99.8 Å². The van der Waals surface area contributed by atoms with E-state index in [4.69, 9.17) is 11.6 Å². The first kappa shape index (κ1) is 27.8. The van der Waals surface area contributed by atoms with Gasteiger partial charge >= 0.3 is 5.69 Å². The van der Waals surface area contributed by atoms with Crippen LogP contribution in [-0.2, 0) is 13.6 Å². The van der Waals surface area contributed by atoms with E-state index < -0.39 is 18.0 Å². The van der Waals surface area contributed by atoms with Crippen molar-refractivity contribution in [2.45, 2.75) is 44.7 Å². The predicted octanol–water partition coefficient (Wildman–Crippen LogP) is 6.17. The Labute approximate surface area is 245 Å². The van der Waals surface area contributed by atoms with Gasteiger partial charge in [0.25, 0.3) is 12.3 Å². The van der Waals surface area contributed by atoms with Crippen molar-refractivity contribution in [1.29, 1.82) is 0 Å². The van der Waals surface area contributed by atoms with Gasteiger partial charge in [-0.25, -0.2) is 13.6 Å². The number of nitrogens with one attached hydrogen (secondary N) is 1. The molecule has 0 spiro atoms. The van der Waals surface area contributed by atoms with Crippen LogP contribution in [0.4, 0.5) is 8.78 Å². The summed E-state index contributed by atoms with van der Waals surface area (Å²) >= 11 is 5.92. The van der Waals surface area contributed by atoms with E-state index in [1.165, 1.54) is 6.07 Å². The van der Waals surface area contributed by atoms with Crippen LogP contribution >= 0.6 is 11.6 Å². The molecule has 11 heteroatoms. The maximum atomic E-state index is 13.9. The molecule has 0 radical (unpaired) electrons. The highest BCUT2D eigenvalue weighted by molar-refractivity contribution is 6.30. The number of hydrogen-bond donors (Lipinski definition) is 1. The molecule has 42 heavy (non-hydrogen) atoms. The zero-order valence-corrected chi connectivity index (χ0v) is 23.6. The van der Waals surface area contributed by atoms with Crippen LogP contribution in [0.5, 0.6) is 0 Å². The number of halogens is 3. The first-order valence-electron chi connectivity index (χ1n) is 13.8. The lowest BCUT2D eigenvalue weighted by Gasteiger charge is -2.29. The van der Waals surface area contributed by atoms with E-state index in [1.807, 2.05) is 72.4 Å². The van der Waals surface area contributed by atoms with Crippen molar-refractivity contribution in [2.75, 3.05) is 0 Å². The second-order valence-electron chi connectivity index (χ2n) is 10.7. The summed E-state index contributed by atoms with van der Waals surface area (Å²) in [7, 11) is 1.87. The highest BCUT2D eigenvalue weighted by atomic mass is 35.5. The van der Waals surface area contributed by atoms with Gasteiger partial charge in [-0.05, 0) is 68.0 Å². The van der Waals surface area contributed by atoms with Gasteiger partial charge in [0, 0.05) is 37.6 Å². The van der Waals surface area contributed by atoms with Crippen LogP contribution in [0.25, 0.3) is 28.0 Å². The SMILES string of the molecule is Cn1ccc(-c2cccc(-n3c(=O)n(C[C@H]4CC[C@H](NC(=O)c5cc(Cl)cnc5C(F)F)CC4)c4ccccc43)c2)n1. The van der Waals surface area contributed by atoms with Crippen LogP contribution in [-0.4, -0.2) is 35.8 Å². The van der Waals surface area contributed by atoms with E-state index in [0.717, 1.165) is 47.0 Å². The molecule has 8 nitrogen and oxygen atoms in total. The largest absolute Gasteiger partial charge is 0.349 e. The number of imidazole rings is 1. The topological polar surface area (TPSA) is 86.7 Å². The van der Waals surface area contributed by atoms with Crippen molar-refractivity contribution in [2.24, 2.45) is 13.0 Å². The summed E-state index contributed by atoms with van der Waals surface area (Å²) < 4.78 is 32.1. The Morgan fingerprint density at radius 2 is 1.81 bits per heavy atom. The van der Waals surface area contributed by atoms with Gasteiger partial charge < -0.3 is 5.32 Å². The number of amides is 1. The van der Waals surface area contributed by atoms with Crippen LogP contribution in [0.3, 0.4) is 0 Å². The van der Waals surface area contributed by atoms with Gasteiger partial charge in [-0.1, -0.05) is 35.9 Å². The van der Waals surface area contributed by atoms with Gasteiger partial charge in [0.15, 0.2) is 0 Å². The zero-order chi connectivity index (χ0) is 29.4. The van der Waals surface area contributed by atoms with Crippen LogP contribution in [0.15, 0.2) is 77.9 Å². The highest BCUT2D eigenvalue weighted by Gasteiger charge is 2.27. The van der Waals surface area contributed by atoms with Gasteiger partial charge in [-0.15, -0.1) is 0 Å². The van der Waals surface area contributed by atoms with E-state index in [-0.39, 0.29) is 28.2 Å². The molecule has 0 unspecified atom stereocenters. The van der Waals surface area contributed by atoms with Crippen molar-refractivity contribution in [3.8, 4) is 16.9 Å². The van der Waals surface area contributed by atoms with Crippen LogP contribution in [0, 0.1) is 5.92 Å². The summed E-state index contributed by atoms with van der Waals surface area (Å²) in [6, 6.07) is 18.6. The third-order valence-corrected chi connectivity index (χ3v) is 8.12. The van der Waals surface area contributed by atoms with Crippen LogP contribution in [0.1, 0.15) is 48.2 Å². The Hall–Kier alpha value is -4.31. The van der Waals surface area contributed by atoms with E-state index in [9.17, 15) is 18.4 Å². The lowest BCUT2D eigenvalue weighted by Crippen LogP contribution is -2.39. The second kappa shape index (κ2) is 11.5. The Bertz CT molecular complexity index is 1820. The molecule has 216 valence electrons. The maximum absolute atomic E-state index is 13.9. The first-order valence-corrected chi connectivity index (χ1v) is 14.2. The van der Waals surface area contributed by atoms with E-state index in [0.29, 0.717) is 19.4 Å². The fourth-order valence-corrected chi connectivity index (χ4v) is 5.98. The molecule has 3 aromatic heterocycles. The second-order valence-corrected chi connectivity index (χ2v) is 11.2. The lowest BCUT2D eigenvalue weighted by molar-refractivity contribution is 0.0904. The minimum absolute atomic E-state index is 0.113. The molecule has 0 saturated heterocycles. The molecular formula is C31H29ClF2N6O2. The Kier molecular flexibility index (Phi) is 7.64. The molecule has 2 aromatic carbocycles. The molecule has 1 saturated carbocycles. The zero-order valence-electron chi connectivity index (χ0n) is 22.9. The fraction of sp³-hybridized carbons (Fsp3) is 0.290. The molecule has 6 rings (SSSR count). The summed E-state index contributed by atoms with van der Waals surface area (Å²) in [6.45, 7) is 0.542. The van der Waals surface area contributed by atoms with Crippen molar-refractivity contribution in [1.82, 2.24) is 29.2 Å². The summed E-state index contributed by atoms with van der Waals surface area (Å²) in [5.74, 6) is -0.379. The number of aryl methyl sites for hydroxylation is 1. The Morgan fingerprint density at radius 1 is 1.05 bits per heavy atom. The molecule has 1 aliphatic carbocycles. The number of rotatable bonds is 7. The molecule has 1 fully saturated rings. The monoisotopic (exact) mass is 590 g/mol. The number of fused-ring (bicyclic) bond motifs is 1. The average molecular weight is 591 g/mol. The summed E-state index contributed by atoms with van der Waals surface area (Å²) in [5, 5.41) is 7.50. The van der Waals surface area contributed by atoms with Crippen LogP contribution < -0.4 is 11.0 Å². The molecule has 5 aromatic rings. The molecule has 0 bridgehead atoms. The number of benzene rings is 2. The smallest absolute Gasteiger partial charge is 0.333 e. The summed E-state index contributed by atoms with van der Waals surface area (Å²) in [4.78, 5) is 30.3. The minimum atomic E-state index is -2.88. The van der Waals surface area contributed by atoms with E-state index in [1.54, 1.807) is 9.25 Å². The number of alkyl halides is 2. The molecule has 0 atom stereocenters. The molecule has 3 heterocycles. The molecule has 1 N–H and O–H groups in total. The number of carbonyl (C=O) groups is 1. The molecule has 1 amide bonds. The van der Waals surface area contributed by atoms with Gasteiger partial charge in [0.2, 0.25) is 0 Å². The predicted molar refractivity (Wildman–Crippen MR) is 157 cm³/mol. The van der Waals surface area contributed by atoms with E-state index in [2.05, 4.69) is 15.4 Å². The molecule has 0 aliphatic heterocycles. The highest BCUT2D eigenvalue weighted by Crippen LogP contribution is 2.29. The van der Waals surface area contributed by atoms with Crippen molar-refractivity contribution in [3.63, 3.8) is 0 Å². The number of nitrogens with zero attached hydrogens (tertiary/aromatic N) is 5. The van der Waals surface area contributed by atoms with Gasteiger partial charge in [-0.3, -0.25) is 23.6 Å². The number of para-hydroxylation sites is 2. The normalized spacial score (nSPS) is 17.2. The summed E-state index contributed by atoms with van der Waals surface area (Å²) in [6.07, 6.45) is 3.03.